The summed E-state index contributed by atoms with van der Waals surface area (Å²) in [5, 5.41) is 0. The van der Waals surface area contributed by atoms with E-state index in [0.29, 0.717) is 26.0 Å². The first-order valence-electron chi connectivity index (χ1n) is 8.37. The van der Waals surface area contributed by atoms with Crippen molar-refractivity contribution in [2.24, 2.45) is 0 Å². The van der Waals surface area contributed by atoms with Gasteiger partial charge in [0.2, 0.25) is 5.91 Å². The van der Waals surface area contributed by atoms with E-state index in [-0.39, 0.29) is 18.1 Å². The monoisotopic (exact) mass is 331 g/mol. The molecule has 1 aliphatic rings. The number of para-hydroxylation sites is 1. The molecule has 0 spiro atoms. The molecule has 130 valence electrons. The minimum Gasteiger partial charge on any atom is -0.383 e. The van der Waals surface area contributed by atoms with Crippen LogP contribution in [0.1, 0.15) is 24.2 Å². The molecule has 1 aliphatic heterocycles. The van der Waals surface area contributed by atoms with Crippen molar-refractivity contribution in [3.05, 3.63) is 29.6 Å². The molecule has 2 atom stereocenters. The van der Waals surface area contributed by atoms with Gasteiger partial charge in [-0.3, -0.25) is 4.79 Å². The molecule has 0 saturated carbocycles. The van der Waals surface area contributed by atoms with E-state index in [9.17, 15) is 4.79 Å². The number of methoxy groups -OCH3 is 2. The van der Waals surface area contributed by atoms with Gasteiger partial charge >= 0.3 is 0 Å². The van der Waals surface area contributed by atoms with Crippen LogP contribution in [-0.4, -0.2) is 60.3 Å². The number of rotatable bonds is 6. The number of amides is 1. The normalized spacial score (nSPS) is 20.9. The van der Waals surface area contributed by atoms with Gasteiger partial charge < -0.3 is 19.4 Å². The fourth-order valence-corrected chi connectivity index (χ4v) is 3.41. The Morgan fingerprint density at radius 2 is 2.25 bits per heavy atom. The Hall–Kier alpha value is -1.92. The lowest BCUT2D eigenvalue weighted by molar-refractivity contribution is -0.133. The van der Waals surface area contributed by atoms with Crippen LogP contribution in [0.5, 0.6) is 0 Å². The highest BCUT2D eigenvalue weighted by molar-refractivity contribution is 5.79. The number of imidazole rings is 1. The van der Waals surface area contributed by atoms with Crippen molar-refractivity contribution in [2.45, 2.75) is 38.3 Å². The van der Waals surface area contributed by atoms with Gasteiger partial charge in [-0.1, -0.05) is 12.1 Å². The molecule has 1 N–H and O–H groups in total. The highest BCUT2D eigenvalue weighted by atomic mass is 16.5. The first kappa shape index (κ1) is 16.9. The lowest BCUT2D eigenvalue weighted by Gasteiger charge is -2.23. The van der Waals surface area contributed by atoms with E-state index in [1.165, 1.54) is 0 Å². The maximum absolute atomic E-state index is 12.6. The number of carbonyl (C=O) groups is 1. The number of hydrogen-bond acceptors (Lipinski definition) is 4. The predicted octanol–water partition coefficient (Wildman–Crippen LogP) is 2.07. The largest absolute Gasteiger partial charge is 0.383 e. The molecule has 6 nitrogen and oxygen atoms in total. The molecule has 1 saturated heterocycles. The van der Waals surface area contributed by atoms with Gasteiger partial charge in [-0.2, -0.15) is 0 Å². The number of nitrogens with one attached hydrogen (secondary N) is 1. The number of ether oxygens (including phenoxy) is 2. The molecular formula is C18H25N3O3. The number of nitrogens with zero attached hydrogens (tertiary/aromatic N) is 2. The third kappa shape index (κ3) is 3.44. The maximum Gasteiger partial charge on any atom is 0.223 e. The van der Waals surface area contributed by atoms with Crippen molar-refractivity contribution < 1.29 is 14.3 Å². The average molecular weight is 331 g/mol. The molecule has 0 unspecified atom stereocenters. The number of fused-ring (bicyclic) bond motifs is 1. The second-order valence-electron chi connectivity index (χ2n) is 6.40. The van der Waals surface area contributed by atoms with Crippen LogP contribution < -0.4 is 0 Å². The van der Waals surface area contributed by atoms with Gasteiger partial charge in [0.1, 0.15) is 5.82 Å². The first-order valence-corrected chi connectivity index (χ1v) is 8.37. The topological polar surface area (TPSA) is 67.5 Å². The standard InChI is InChI=1S/C18H25N3O3/c1-12-5-4-6-15-18(12)20-16(19-15)7-8-17(22)21-10-14(24-3)9-13(21)11-23-2/h4-6,13-14H,7-11H2,1-3H3,(H,19,20)/t13-,14+/m0/s1. The van der Waals surface area contributed by atoms with Crippen molar-refractivity contribution in [1.29, 1.82) is 0 Å². The second kappa shape index (κ2) is 7.32. The van der Waals surface area contributed by atoms with Gasteiger partial charge in [0.05, 0.1) is 29.8 Å². The molecule has 2 aromatic rings. The zero-order valence-electron chi connectivity index (χ0n) is 14.5. The van der Waals surface area contributed by atoms with Crippen molar-refractivity contribution in [2.75, 3.05) is 27.4 Å². The van der Waals surface area contributed by atoms with Crippen molar-refractivity contribution in [1.82, 2.24) is 14.9 Å². The number of hydrogen-bond donors (Lipinski definition) is 1. The van der Waals surface area contributed by atoms with Gasteiger partial charge in [0.25, 0.3) is 0 Å². The fraction of sp³-hybridized carbons (Fsp3) is 0.556. The third-order valence-electron chi connectivity index (χ3n) is 4.73. The molecule has 1 aromatic carbocycles. The molecule has 0 aliphatic carbocycles. The SMILES string of the molecule is COC[C@@H]1C[C@@H](OC)CN1C(=O)CCc1nc2c(C)cccc2[nH]1. The minimum atomic E-state index is 0.1000. The van der Waals surface area contributed by atoms with E-state index in [1.807, 2.05) is 30.0 Å². The van der Waals surface area contributed by atoms with Crippen LogP contribution in [0.2, 0.25) is 0 Å². The van der Waals surface area contributed by atoms with Crippen molar-refractivity contribution >= 4 is 16.9 Å². The Kier molecular flexibility index (Phi) is 5.16. The number of H-pyrrole nitrogens is 1. The summed E-state index contributed by atoms with van der Waals surface area (Å²) in [5.74, 6) is 0.993. The molecule has 2 heterocycles. The Bertz CT molecular complexity index is 713. The van der Waals surface area contributed by atoms with E-state index in [1.54, 1.807) is 14.2 Å². The predicted molar refractivity (Wildman–Crippen MR) is 91.9 cm³/mol. The van der Waals surface area contributed by atoms with Crippen LogP contribution in [0, 0.1) is 6.92 Å². The van der Waals surface area contributed by atoms with Gasteiger partial charge in [-0.15, -0.1) is 0 Å². The van der Waals surface area contributed by atoms with E-state index in [2.05, 4.69) is 9.97 Å². The van der Waals surface area contributed by atoms with Crippen LogP contribution >= 0.6 is 0 Å². The van der Waals surface area contributed by atoms with Crippen molar-refractivity contribution in [3.8, 4) is 0 Å². The molecule has 0 bridgehead atoms. The van der Waals surface area contributed by atoms with E-state index in [4.69, 9.17) is 9.47 Å². The van der Waals surface area contributed by atoms with Crippen LogP contribution in [0.4, 0.5) is 0 Å². The van der Waals surface area contributed by atoms with Gasteiger partial charge in [-0.25, -0.2) is 4.98 Å². The molecule has 1 aromatic heterocycles. The maximum atomic E-state index is 12.6. The Morgan fingerprint density at radius 3 is 2.96 bits per heavy atom. The van der Waals surface area contributed by atoms with Crippen LogP contribution in [0.3, 0.4) is 0 Å². The molecule has 3 rings (SSSR count). The molecule has 24 heavy (non-hydrogen) atoms. The van der Waals surface area contributed by atoms with Crippen molar-refractivity contribution in [3.63, 3.8) is 0 Å². The van der Waals surface area contributed by atoms with Crippen LogP contribution in [0.25, 0.3) is 11.0 Å². The Morgan fingerprint density at radius 1 is 1.42 bits per heavy atom. The zero-order chi connectivity index (χ0) is 17.1. The summed E-state index contributed by atoms with van der Waals surface area (Å²) in [6, 6.07) is 6.17. The molecule has 0 radical (unpaired) electrons. The van der Waals surface area contributed by atoms with Gasteiger partial charge in [0.15, 0.2) is 0 Å². The number of carbonyl (C=O) groups excluding carboxylic acids is 1. The first-order chi connectivity index (χ1) is 11.6. The summed E-state index contributed by atoms with van der Waals surface area (Å²) < 4.78 is 10.7. The second-order valence-corrected chi connectivity index (χ2v) is 6.40. The Labute approximate surface area is 142 Å². The quantitative estimate of drug-likeness (QED) is 0.880. The molecule has 1 amide bonds. The number of aromatic nitrogens is 2. The van der Waals surface area contributed by atoms with E-state index < -0.39 is 0 Å². The lowest BCUT2D eigenvalue weighted by Crippen LogP contribution is -2.38. The number of benzene rings is 1. The molecule has 6 heteroatoms. The summed E-state index contributed by atoms with van der Waals surface area (Å²) in [7, 11) is 3.36. The molecular weight excluding hydrogens is 306 g/mol. The number of aryl methyl sites for hydroxylation is 2. The average Bonchev–Trinajstić information content (AvgIpc) is 3.17. The minimum absolute atomic E-state index is 0.1000. The third-order valence-corrected chi connectivity index (χ3v) is 4.73. The highest BCUT2D eigenvalue weighted by Crippen LogP contribution is 2.22. The van der Waals surface area contributed by atoms with E-state index in [0.717, 1.165) is 28.8 Å². The highest BCUT2D eigenvalue weighted by Gasteiger charge is 2.34. The lowest BCUT2D eigenvalue weighted by atomic mass is 10.2. The smallest absolute Gasteiger partial charge is 0.223 e. The summed E-state index contributed by atoms with van der Waals surface area (Å²) in [6.07, 6.45) is 1.99. The van der Waals surface area contributed by atoms with Crippen LogP contribution in [-0.2, 0) is 20.7 Å². The van der Waals surface area contributed by atoms with Crippen LogP contribution in [0.15, 0.2) is 18.2 Å². The van der Waals surface area contributed by atoms with Gasteiger partial charge in [-0.05, 0) is 25.0 Å². The summed E-state index contributed by atoms with van der Waals surface area (Å²) in [5.41, 5.74) is 3.15. The number of aromatic amines is 1. The summed E-state index contributed by atoms with van der Waals surface area (Å²) >= 11 is 0. The number of likely N-dealkylation sites (tertiary alicyclic amines) is 1. The van der Waals surface area contributed by atoms with Gasteiger partial charge in [0, 0.05) is 33.6 Å². The Balaban J connectivity index is 1.64. The molecule has 1 fully saturated rings. The fourth-order valence-electron chi connectivity index (χ4n) is 3.41. The van der Waals surface area contributed by atoms with E-state index >= 15 is 0 Å². The summed E-state index contributed by atoms with van der Waals surface area (Å²) in [6.45, 7) is 3.24. The summed E-state index contributed by atoms with van der Waals surface area (Å²) in [4.78, 5) is 22.4. The zero-order valence-corrected chi connectivity index (χ0v) is 14.5.